The second kappa shape index (κ2) is 51.8. The van der Waals surface area contributed by atoms with Crippen molar-refractivity contribution < 1.29 is 28.6 Å². The molecule has 0 saturated heterocycles. The third kappa shape index (κ3) is 53.2. The Morgan fingerprint density at radius 3 is 0.754 bits per heavy atom. The molecule has 386 valence electrons. The lowest BCUT2D eigenvalue weighted by Crippen LogP contribution is -2.30. The maximum Gasteiger partial charge on any atom is 0.306 e. The SMILES string of the molecule is CCCCCCCCCCCCCCCCCCCC(=O)OC[C@H](COC(=O)CCCCCCCCC(C)C)OC(=O)CCCCCCCCCCCCCCCCCCCCC(C)C. The maximum absolute atomic E-state index is 12.8. The summed E-state index contributed by atoms with van der Waals surface area (Å²) in [6, 6.07) is 0. The fourth-order valence-corrected chi connectivity index (χ4v) is 9.05. The fraction of sp³-hybridized carbons (Fsp3) is 0.949. The van der Waals surface area contributed by atoms with Gasteiger partial charge in [0.05, 0.1) is 0 Å². The van der Waals surface area contributed by atoms with Crippen molar-refractivity contribution in [1.82, 2.24) is 0 Å². The lowest BCUT2D eigenvalue weighted by Gasteiger charge is -2.18. The van der Waals surface area contributed by atoms with Crippen molar-refractivity contribution in [3.63, 3.8) is 0 Å². The van der Waals surface area contributed by atoms with Crippen LogP contribution in [0.25, 0.3) is 0 Å². The monoisotopic (exact) mass is 919 g/mol. The van der Waals surface area contributed by atoms with E-state index in [9.17, 15) is 14.4 Å². The van der Waals surface area contributed by atoms with Gasteiger partial charge in [0.2, 0.25) is 0 Å². The van der Waals surface area contributed by atoms with Crippen LogP contribution >= 0.6 is 0 Å². The van der Waals surface area contributed by atoms with Gasteiger partial charge in [-0.25, -0.2) is 0 Å². The second-order valence-electron chi connectivity index (χ2n) is 21.2. The Morgan fingerprint density at radius 2 is 0.508 bits per heavy atom. The predicted octanol–water partition coefficient (Wildman–Crippen LogP) is 19.3. The summed E-state index contributed by atoms with van der Waals surface area (Å²) in [6.07, 6.45) is 55.5. The molecular formula is C59H114O6. The number of rotatable bonds is 53. The van der Waals surface area contributed by atoms with Crippen molar-refractivity contribution in [2.45, 2.75) is 336 Å². The second-order valence-corrected chi connectivity index (χ2v) is 21.2. The van der Waals surface area contributed by atoms with Crippen molar-refractivity contribution in [3.8, 4) is 0 Å². The quantitative estimate of drug-likeness (QED) is 0.0344. The van der Waals surface area contributed by atoms with Crippen molar-refractivity contribution >= 4 is 17.9 Å². The van der Waals surface area contributed by atoms with E-state index in [1.54, 1.807) is 0 Å². The highest BCUT2D eigenvalue weighted by molar-refractivity contribution is 5.71. The van der Waals surface area contributed by atoms with Crippen LogP contribution in [-0.4, -0.2) is 37.2 Å². The zero-order valence-corrected chi connectivity index (χ0v) is 44.6. The van der Waals surface area contributed by atoms with Gasteiger partial charge in [-0.05, 0) is 31.1 Å². The molecule has 0 aliphatic heterocycles. The molecule has 0 heterocycles. The highest BCUT2D eigenvalue weighted by atomic mass is 16.6. The third-order valence-corrected chi connectivity index (χ3v) is 13.5. The number of unbranched alkanes of at least 4 members (excludes halogenated alkanes) is 38. The summed E-state index contributed by atoms with van der Waals surface area (Å²) in [5.41, 5.74) is 0. The van der Waals surface area contributed by atoms with Gasteiger partial charge in [-0.3, -0.25) is 14.4 Å². The molecule has 0 aromatic heterocycles. The summed E-state index contributed by atoms with van der Waals surface area (Å²) in [4.78, 5) is 38.0. The van der Waals surface area contributed by atoms with Crippen molar-refractivity contribution in [1.29, 1.82) is 0 Å². The van der Waals surface area contributed by atoms with Crippen LogP contribution in [0.1, 0.15) is 330 Å². The van der Waals surface area contributed by atoms with Gasteiger partial charge in [-0.15, -0.1) is 0 Å². The summed E-state index contributed by atoms with van der Waals surface area (Å²) in [6.45, 7) is 11.4. The van der Waals surface area contributed by atoms with Gasteiger partial charge in [0, 0.05) is 19.3 Å². The van der Waals surface area contributed by atoms with Gasteiger partial charge in [0.15, 0.2) is 6.10 Å². The largest absolute Gasteiger partial charge is 0.462 e. The minimum atomic E-state index is -0.763. The molecule has 0 aromatic rings. The van der Waals surface area contributed by atoms with E-state index in [0.717, 1.165) is 69.6 Å². The average Bonchev–Trinajstić information content (AvgIpc) is 3.28. The number of hydrogen-bond acceptors (Lipinski definition) is 6. The Labute approximate surface area is 406 Å². The lowest BCUT2D eigenvalue weighted by molar-refractivity contribution is -0.167. The predicted molar refractivity (Wildman–Crippen MR) is 280 cm³/mol. The topological polar surface area (TPSA) is 78.9 Å². The van der Waals surface area contributed by atoms with Crippen LogP contribution < -0.4 is 0 Å². The molecule has 0 aliphatic rings. The van der Waals surface area contributed by atoms with E-state index in [-0.39, 0.29) is 31.1 Å². The minimum absolute atomic E-state index is 0.0635. The molecule has 0 amide bonds. The lowest BCUT2D eigenvalue weighted by atomic mass is 10.0. The van der Waals surface area contributed by atoms with Crippen LogP contribution in [0.3, 0.4) is 0 Å². The molecule has 0 radical (unpaired) electrons. The first-order valence-electron chi connectivity index (χ1n) is 29.2. The van der Waals surface area contributed by atoms with Crippen molar-refractivity contribution in [2.75, 3.05) is 13.2 Å². The van der Waals surface area contributed by atoms with Crippen LogP contribution in [0, 0.1) is 11.8 Å². The van der Waals surface area contributed by atoms with E-state index in [2.05, 4.69) is 34.6 Å². The molecule has 0 N–H and O–H groups in total. The highest BCUT2D eigenvalue weighted by Crippen LogP contribution is 2.18. The first-order chi connectivity index (χ1) is 31.7. The molecule has 0 bridgehead atoms. The number of hydrogen-bond donors (Lipinski definition) is 0. The maximum atomic E-state index is 12.8. The molecule has 0 aromatic carbocycles. The molecule has 6 heteroatoms. The Morgan fingerprint density at radius 1 is 0.292 bits per heavy atom. The van der Waals surface area contributed by atoms with Crippen LogP contribution in [-0.2, 0) is 28.6 Å². The Hall–Kier alpha value is -1.59. The van der Waals surface area contributed by atoms with Gasteiger partial charge >= 0.3 is 17.9 Å². The van der Waals surface area contributed by atoms with E-state index in [4.69, 9.17) is 14.2 Å². The molecule has 6 nitrogen and oxygen atoms in total. The molecule has 0 unspecified atom stereocenters. The molecule has 0 spiro atoms. The Kier molecular flexibility index (Phi) is 50.5. The summed E-state index contributed by atoms with van der Waals surface area (Å²) in [5.74, 6) is 0.777. The normalized spacial score (nSPS) is 12.0. The Balaban J connectivity index is 4.19. The number of ether oxygens (including phenoxy) is 3. The van der Waals surface area contributed by atoms with Crippen LogP contribution in [0.5, 0.6) is 0 Å². The van der Waals surface area contributed by atoms with Gasteiger partial charge in [0.1, 0.15) is 13.2 Å². The first kappa shape index (κ1) is 63.4. The molecular weight excluding hydrogens is 805 g/mol. The highest BCUT2D eigenvalue weighted by Gasteiger charge is 2.19. The molecule has 1 atom stereocenters. The van der Waals surface area contributed by atoms with E-state index < -0.39 is 6.10 Å². The molecule has 0 aliphatic carbocycles. The van der Waals surface area contributed by atoms with Gasteiger partial charge in [-0.1, -0.05) is 291 Å². The van der Waals surface area contributed by atoms with E-state index >= 15 is 0 Å². The smallest absolute Gasteiger partial charge is 0.306 e. The molecule has 0 saturated carbocycles. The standard InChI is InChI=1S/C59H114O6/c1-6-7-8-9-10-11-12-13-14-17-21-24-27-30-33-39-44-49-57(60)63-52-56(53-64-58(61)50-45-40-36-35-38-43-48-55(4)5)65-59(62)51-46-41-34-31-28-25-22-19-16-15-18-20-23-26-29-32-37-42-47-54(2)3/h54-56H,6-53H2,1-5H3/t56-/m1/s1. The minimum Gasteiger partial charge on any atom is -0.462 e. The van der Waals surface area contributed by atoms with Crippen LogP contribution in [0.2, 0.25) is 0 Å². The average molecular weight is 920 g/mol. The summed E-state index contributed by atoms with van der Waals surface area (Å²) in [7, 11) is 0. The molecule has 0 rings (SSSR count). The van der Waals surface area contributed by atoms with Gasteiger partial charge in [0.25, 0.3) is 0 Å². The number of carbonyl (C=O) groups excluding carboxylic acids is 3. The number of carbonyl (C=O) groups is 3. The third-order valence-electron chi connectivity index (χ3n) is 13.5. The van der Waals surface area contributed by atoms with E-state index in [0.29, 0.717) is 19.3 Å². The van der Waals surface area contributed by atoms with Crippen LogP contribution in [0.15, 0.2) is 0 Å². The summed E-state index contributed by atoms with van der Waals surface area (Å²) >= 11 is 0. The van der Waals surface area contributed by atoms with E-state index in [1.165, 1.54) is 218 Å². The number of esters is 3. The van der Waals surface area contributed by atoms with Gasteiger partial charge < -0.3 is 14.2 Å². The Bertz CT molecular complexity index is 993. The first-order valence-corrected chi connectivity index (χ1v) is 29.2. The zero-order valence-electron chi connectivity index (χ0n) is 44.6. The van der Waals surface area contributed by atoms with Crippen molar-refractivity contribution in [2.24, 2.45) is 11.8 Å². The summed E-state index contributed by atoms with van der Waals surface area (Å²) < 4.78 is 16.9. The fourth-order valence-electron chi connectivity index (χ4n) is 9.05. The van der Waals surface area contributed by atoms with E-state index in [1.807, 2.05) is 0 Å². The zero-order chi connectivity index (χ0) is 47.5. The van der Waals surface area contributed by atoms with Gasteiger partial charge in [-0.2, -0.15) is 0 Å². The van der Waals surface area contributed by atoms with Crippen molar-refractivity contribution in [3.05, 3.63) is 0 Å². The molecule has 0 fully saturated rings. The van der Waals surface area contributed by atoms with Crippen LogP contribution in [0.4, 0.5) is 0 Å². The molecule has 65 heavy (non-hydrogen) atoms. The summed E-state index contributed by atoms with van der Waals surface area (Å²) in [5, 5.41) is 0.